The number of aromatic nitrogens is 1. The van der Waals surface area contributed by atoms with E-state index in [0.29, 0.717) is 16.9 Å². The maximum absolute atomic E-state index is 12.5. The van der Waals surface area contributed by atoms with Crippen molar-refractivity contribution in [2.24, 2.45) is 0 Å². The van der Waals surface area contributed by atoms with Gasteiger partial charge in [0, 0.05) is 16.6 Å². The van der Waals surface area contributed by atoms with Gasteiger partial charge in [0.1, 0.15) is 5.60 Å². The first-order chi connectivity index (χ1) is 12.8. The van der Waals surface area contributed by atoms with Gasteiger partial charge in [-0.05, 0) is 51.1 Å². The topological polar surface area (TPSA) is 80.3 Å². The molecule has 2 aromatic carbocycles. The SMILES string of the molecule is CC(C)(C)OC(=O)Nc1cccc(C(=O)Nc2cnc3ccccc3c2)c1. The predicted octanol–water partition coefficient (Wildman–Crippen LogP) is 4.83. The minimum absolute atomic E-state index is 0.292. The van der Waals surface area contributed by atoms with Gasteiger partial charge in [-0.15, -0.1) is 0 Å². The maximum Gasteiger partial charge on any atom is 0.412 e. The second-order valence-electron chi connectivity index (χ2n) is 7.08. The molecule has 0 fully saturated rings. The summed E-state index contributed by atoms with van der Waals surface area (Å²) >= 11 is 0. The van der Waals surface area contributed by atoms with E-state index in [1.807, 2.05) is 30.3 Å². The Morgan fingerprint density at radius 1 is 0.926 bits per heavy atom. The summed E-state index contributed by atoms with van der Waals surface area (Å²) in [5.74, 6) is -0.292. The highest BCUT2D eigenvalue weighted by atomic mass is 16.6. The van der Waals surface area contributed by atoms with Crippen molar-refractivity contribution in [1.82, 2.24) is 4.98 Å². The van der Waals surface area contributed by atoms with E-state index in [4.69, 9.17) is 4.74 Å². The first kappa shape index (κ1) is 18.4. The number of nitrogens with one attached hydrogen (secondary N) is 2. The summed E-state index contributed by atoms with van der Waals surface area (Å²) in [5.41, 5.74) is 1.76. The molecule has 3 rings (SSSR count). The number of hydrogen-bond acceptors (Lipinski definition) is 4. The van der Waals surface area contributed by atoms with Gasteiger partial charge in [0.2, 0.25) is 0 Å². The molecule has 0 aliphatic carbocycles. The second kappa shape index (κ2) is 7.45. The van der Waals surface area contributed by atoms with Crippen molar-refractivity contribution in [3.05, 3.63) is 66.4 Å². The van der Waals surface area contributed by atoms with Gasteiger partial charge in [-0.3, -0.25) is 15.1 Å². The van der Waals surface area contributed by atoms with E-state index >= 15 is 0 Å². The van der Waals surface area contributed by atoms with Crippen LogP contribution in [0, 0.1) is 0 Å². The molecule has 6 heteroatoms. The van der Waals surface area contributed by atoms with Crippen molar-refractivity contribution in [2.75, 3.05) is 10.6 Å². The van der Waals surface area contributed by atoms with Gasteiger partial charge in [-0.1, -0.05) is 24.3 Å². The molecule has 0 spiro atoms. The highest BCUT2D eigenvalue weighted by Gasteiger charge is 2.16. The molecule has 3 aromatic rings. The van der Waals surface area contributed by atoms with Gasteiger partial charge < -0.3 is 10.1 Å². The number of carbonyl (C=O) groups excluding carboxylic acids is 2. The second-order valence-corrected chi connectivity index (χ2v) is 7.08. The molecule has 138 valence electrons. The lowest BCUT2D eigenvalue weighted by atomic mass is 10.1. The minimum Gasteiger partial charge on any atom is -0.444 e. The van der Waals surface area contributed by atoms with Crippen LogP contribution in [0.15, 0.2) is 60.8 Å². The van der Waals surface area contributed by atoms with Crippen LogP contribution in [0.1, 0.15) is 31.1 Å². The van der Waals surface area contributed by atoms with Gasteiger partial charge in [0.15, 0.2) is 0 Å². The molecule has 1 heterocycles. The number of hydrogen-bond donors (Lipinski definition) is 2. The molecule has 27 heavy (non-hydrogen) atoms. The van der Waals surface area contributed by atoms with Gasteiger partial charge in [-0.2, -0.15) is 0 Å². The maximum atomic E-state index is 12.5. The zero-order valence-corrected chi connectivity index (χ0v) is 15.4. The summed E-state index contributed by atoms with van der Waals surface area (Å²) in [7, 11) is 0. The fourth-order valence-electron chi connectivity index (χ4n) is 2.50. The van der Waals surface area contributed by atoms with Crippen molar-refractivity contribution < 1.29 is 14.3 Å². The first-order valence-electron chi connectivity index (χ1n) is 8.56. The predicted molar refractivity (Wildman–Crippen MR) is 106 cm³/mol. The molecule has 2 N–H and O–H groups in total. The fourth-order valence-corrected chi connectivity index (χ4v) is 2.50. The summed E-state index contributed by atoms with van der Waals surface area (Å²) < 4.78 is 5.22. The summed E-state index contributed by atoms with van der Waals surface area (Å²) in [6.45, 7) is 5.36. The zero-order valence-electron chi connectivity index (χ0n) is 15.4. The molecule has 0 bridgehead atoms. The normalized spacial score (nSPS) is 11.1. The molecule has 0 atom stereocenters. The Balaban J connectivity index is 1.71. The summed E-state index contributed by atoms with van der Waals surface area (Å²) in [4.78, 5) is 28.7. The third kappa shape index (κ3) is 5.04. The molecule has 0 radical (unpaired) electrons. The Morgan fingerprint density at radius 2 is 1.70 bits per heavy atom. The first-order valence-corrected chi connectivity index (χ1v) is 8.56. The monoisotopic (exact) mass is 363 g/mol. The Kier molecular flexibility index (Phi) is 5.07. The van der Waals surface area contributed by atoms with Gasteiger partial charge >= 0.3 is 6.09 Å². The van der Waals surface area contributed by atoms with Crippen LogP contribution in [0.25, 0.3) is 10.9 Å². The molecule has 6 nitrogen and oxygen atoms in total. The van der Waals surface area contributed by atoms with Crippen LogP contribution in [0.3, 0.4) is 0 Å². The molecule has 0 aliphatic rings. The van der Waals surface area contributed by atoms with Gasteiger partial charge in [-0.25, -0.2) is 4.79 Å². The number of amides is 2. The summed E-state index contributed by atoms with van der Waals surface area (Å²) in [5, 5.41) is 6.39. The molecular formula is C21H21N3O3. The quantitative estimate of drug-likeness (QED) is 0.698. The van der Waals surface area contributed by atoms with E-state index < -0.39 is 11.7 Å². The lowest BCUT2D eigenvalue weighted by Gasteiger charge is -2.19. The van der Waals surface area contributed by atoms with Gasteiger partial charge in [0.25, 0.3) is 5.91 Å². The Hall–Kier alpha value is -3.41. The highest BCUT2D eigenvalue weighted by Crippen LogP contribution is 2.18. The number of pyridine rings is 1. The van der Waals surface area contributed by atoms with Crippen LogP contribution in [-0.2, 0) is 4.74 Å². The fraction of sp³-hybridized carbons (Fsp3) is 0.190. The van der Waals surface area contributed by atoms with Crippen LogP contribution in [-0.4, -0.2) is 22.6 Å². The Morgan fingerprint density at radius 3 is 2.48 bits per heavy atom. The molecular weight excluding hydrogens is 342 g/mol. The molecule has 0 saturated carbocycles. The van der Waals surface area contributed by atoms with E-state index in [0.717, 1.165) is 10.9 Å². The van der Waals surface area contributed by atoms with Crippen LogP contribution in [0.5, 0.6) is 0 Å². The van der Waals surface area contributed by atoms with Crippen LogP contribution >= 0.6 is 0 Å². The third-order valence-electron chi connectivity index (χ3n) is 3.62. The largest absolute Gasteiger partial charge is 0.444 e. The number of ether oxygens (including phenoxy) is 1. The Bertz CT molecular complexity index is 993. The lowest BCUT2D eigenvalue weighted by Crippen LogP contribution is -2.27. The smallest absolute Gasteiger partial charge is 0.412 e. The van der Waals surface area contributed by atoms with Crippen LogP contribution in [0.4, 0.5) is 16.2 Å². The standard InChI is InChI=1S/C21H21N3O3/c1-21(2,3)27-20(26)24-16-9-6-8-15(12-16)19(25)23-17-11-14-7-4-5-10-18(14)22-13-17/h4-13H,1-3H3,(H,23,25)(H,24,26). The summed E-state index contributed by atoms with van der Waals surface area (Å²) in [6, 6.07) is 16.2. The van der Waals surface area contributed by atoms with Crippen molar-refractivity contribution >= 4 is 34.3 Å². The van der Waals surface area contributed by atoms with E-state index in [1.165, 1.54) is 0 Å². The Labute approximate surface area is 157 Å². The van der Waals surface area contributed by atoms with Crippen LogP contribution < -0.4 is 10.6 Å². The lowest BCUT2D eigenvalue weighted by molar-refractivity contribution is 0.0635. The molecule has 1 aromatic heterocycles. The zero-order chi connectivity index (χ0) is 19.4. The molecule has 0 saturated heterocycles. The van der Waals surface area contributed by atoms with E-state index in [-0.39, 0.29) is 5.91 Å². The minimum atomic E-state index is -0.595. The third-order valence-corrected chi connectivity index (χ3v) is 3.62. The molecule has 2 amide bonds. The van der Waals surface area contributed by atoms with E-state index in [1.54, 1.807) is 51.2 Å². The number of fused-ring (bicyclic) bond motifs is 1. The number of benzene rings is 2. The number of rotatable bonds is 3. The molecule has 0 aliphatic heterocycles. The average molecular weight is 363 g/mol. The number of carbonyl (C=O) groups is 2. The number of anilines is 2. The van der Waals surface area contributed by atoms with Crippen molar-refractivity contribution in [1.29, 1.82) is 0 Å². The number of para-hydroxylation sites is 1. The average Bonchev–Trinajstić information content (AvgIpc) is 2.60. The summed E-state index contributed by atoms with van der Waals surface area (Å²) in [6.07, 6.45) is 1.04. The molecule has 0 unspecified atom stereocenters. The van der Waals surface area contributed by atoms with Crippen molar-refractivity contribution in [3.8, 4) is 0 Å². The van der Waals surface area contributed by atoms with E-state index in [2.05, 4.69) is 15.6 Å². The van der Waals surface area contributed by atoms with Crippen molar-refractivity contribution in [2.45, 2.75) is 26.4 Å². The highest BCUT2D eigenvalue weighted by molar-refractivity contribution is 6.05. The number of nitrogens with zero attached hydrogens (tertiary/aromatic N) is 1. The van der Waals surface area contributed by atoms with E-state index in [9.17, 15) is 9.59 Å². The van der Waals surface area contributed by atoms with Crippen molar-refractivity contribution in [3.63, 3.8) is 0 Å². The van der Waals surface area contributed by atoms with Gasteiger partial charge in [0.05, 0.1) is 17.4 Å². The van der Waals surface area contributed by atoms with Crippen LogP contribution in [0.2, 0.25) is 0 Å².